The molecule has 1 heterocycles. The van der Waals surface area contributed by atoms with Crippen molar-refractivity contribution < 1.29 is 8.63 Å². The Labute approximate surface area is 121 Å². The van der Waals surface area contributed by atoms with Crippen molar-refractivity contribution >= 4 is 10.8 Å². The van der Waals surface area contributed by atoms with E-state index in [1.54, 1.807) is 0 Å². The molecule has 1 aromatic heterocycles. The van der Waals surface area contributed by atoms with Crippen molar-refractivity contribution in [2.45, 2.75) is 43.0 Å². The molecule has 0 saturated heterocycles. The number of hydrogen-bond donors (Lipinski definition) is 1. The lowest BCUT2D eigenvalue weighted by Gasteiger charge is -2.02. The zero-order valence-corrected chi connectivity index (χ0v) is 12.4. The maximum Gasteiger partial charge on any atom is 0.118 e. The third-order valence-electron chi connectivity index (χ3n) is 3.39. The van der Waals surface area contributed by atoms with E-state index in [1.807, 2.05) is 43.3 Å². The molecule has 106 valence electrons. The van der Waals surface area contributed by atoms with Gasteiger partial charge in [-0.2, -0.15) is 0 Å². The molecule has 0 spiro atoms. The van der Waals surface area contributed by atoms with Gasteiger partial charge in [-0.05, 0) is 49.6 Å². The monoisotopic (exact) mass is 289 g/mol. The number of nitrogens with one attached hydrogen (secondary N) is 1. The Kier molecular flexibility index (Phi) is 4.03. The predicted octanol–water partition coefficient (Wildman–Crippen LogP) is 3.15. The van der Waals surface area contributed by atoms with E-state index >= 15 is 0 Å². The van der Waals surface area contributed by atoms with Crippen molar-refractivity contribution in [2.75, 3.05) is 0 Å². The van der Waals surface area contributed by atoms with Crippen molar-refractivity contribution in [1.29, 1.82) is 0 Å². The average Bonchev–Trinajstić information content (AvgIpc) is 3.16. The first-order valence-electron chi connectivity index (χ1n) is 6.97. The lowest BCUT2D eigenvalue weighted by Crippen LogP contribution is -2.14. The fourth-order valence-corrected chi connectivity index (χ4v) is 3.22. The van der Waals surface area contributed by atoms with E-state index in [-0.39, 0.29) is 0 Å². The van der Waals surface area contributed by atoms with Crippen molar-refractivity contribution in [3.05, 3.63) is 53.5 Å². The molecule has 20 heavy (non-hydrogen) atoms. The molecule has 4 heteroatoms. The Morgan fingerprint density at radius 1 is 1.25 bits per heavy atom. The Balaban J connectivity index is 1.60. The van der Waals surface area contributed by atoms with Gasteiger partial charge in [0.1, 0.15) is 11.5 Å². The fourth-order valence-electron chi connectivity index (χ4n) is 2.10. The second-order valence-electron chi connectivity index (χ2n) is 5.33. The maximum absolute atomic E-state index is 12.3. The summed E-state index contributed by atoms with van der Waals surface area (Å²) in [5.41, 5.74) is 1.13. The molecule has 1 unspecified atom stereocenters. The molecular formula is C16H19NO2S. The van der Waals surface area contributed by atoms with E-state index < -0.39 is 10.8 Å². The molecule has 0 bridgehead atoms. The second kappa shape index (κ2) is 5.94. The molecule has 1 aliphatic carbocycles. The number of benzene rings is 1. The highest BCUT2D eigenvalue weighted by Crippen LogP contribution is 2.20. The molecule has 0 radical (unpaired) electrons. The van der Waals surface area contributed by atoms with Crippen molar-refractivity contribution in [3.8, 4) is 0 Å². The normalized spacial score (nSPS) is 16.2. The molecule has 0 aliphatic heterocycles. The van der Waals surface area contributed by atoms with Crippen molar-refractivity contribution in [1.82, 2.24) is 5.32 Å². The summed E-state index contributed by atoms with van der Waals surface area (Å²) in [4.78, 5) is 0.860. The van der Waals surface area contributed by atoms with Gasteiger partial charge in [-0.3, -0.25) is 4.21 Å². The van der Waals surface area contributed by atoms with Crippen LogP contribution in [0.15, 0.2) is 45.7 Å². The number of furan rings is 1. The minimum atomic E-state index is -1.05. The largest absolute Gasteiger partial charge is 0.464 e. The fraction of sp³-hybridized carbons (Fsp3) is 0.375. The zero-order valence-electron chi connectivity index (χ0n) is 11.6. The van der Waals surface area contributed by atoms with E-state index in [4.69, 9.17) is 4.42 Å². The van der Waals surface area contributed by atoms with E-state index in [0.717, 1.165) is 28.5 Å². The molecule has 1 saturated carbocycles. The van der Waals surface area contributed by atoms with Gasteiger partial charge in [-0.15, -0.1) is 0 Å². The quantitative estimate of drug-likeness (QED) is 0.888. The van der Waals surface area contributed by atoms with Crippen LogP contribution in [-0.4, -0.2) is 10.3 Å². The molecule has 1 fully saturated rings. The van der Waals surface area contributed by atoms with Crippen LogP contribution in [0, 0.1) is 6.92 Å². The summed E-state index contributed by atoms with van der Waals surface area (Å²) in [6.45, 7) is 2.77. The van der Waals surface area contributed by atoms with Crippen LogP contribution in [0.2, 0.25) is 0 Å². The number of aryl methyl sites for hydroxylation is 1. The van der Waals surface area contributed by atoms with Crippen LogP contribution in [0.1, 0.15) is 29.9 Å². The molecule has 3 nitrogen and oxygen atoms in total. The number of rotatable bonds is 6. The van der Waals surface area contributed by atoms with E-state index in [0.29, 0.717) is 11.8 Å². The first kappa shape index (κ1) is 13.6. The number of hydrogen-bond acceptors (Lipinski definition) is 3. The molecule has 0 amide bonds. The van der Waals surface area contributed by atoms with Gasteiger partial charge in [0.05, 0.1) is 23.1 Å². The summed E-state index contributed by atoms with van der Waals surface area (Å²) in [5.74, 6) is 2.15. The molecule has 1 aliphatic rings. The van der Waals surface area contributed by atoms with E-state index in [1.165, 1.54) is 12.8 Å². The van der Waals surface area contributed by atoms with Crippen LogP contribution in [0.4, 0.5) is 0 Å². The predicted molar refractivity (Wildman–Crippen MR) is 79.9 cm³/mol. The summed E-state index contributed by atoms with van der Waals surface area (Å²) in [7, 11) is -1.05. The SMILES string of the molecule is Cc1cccc(S(=O)Cc2ccc(CNC3CC3)o2)c1. The summed E-state index contributed by atoms with van der Waals surface area (Å²) in [6, 6.07) is 12.4. The Morgan fingerprint density at radius 2 is 2.05 bits per heavy atom. The van der Waals surface area contributed by atoms with Crippen LogP contribution in [0.25, 0.3) is 0 Å². The minimum Gasteiger partial charge on any atom is -0.464 e. The Morgan fingerprint density at radius 3 is 2.80 bits per heavy atom. The third-order valence-corrected chi connectivity index (χ3v) is 4.71. The molecule has 1 atom stereocenters. The van der Waals surface area contributed by atoms with Gasteiger partial charge >= 0.3 is 0 Å². The average molecular weight is 289 g/mol. The van der Waals surface area contributed by atoms with Gasteiger partial charge in [0.25, 0.3) is 0 Å². The summed E-state index contributed by atoms with van der Waals surface area (Å²) in [5, 5.41) is 3.41. The molecule has 3 rings (SSSR count). The van der Waals surface area contributed by atoms with Crippen LogP contribution in [-0.2, 0) is 23.1 Å². The molecule has 1 N–H and O–H groups in total. The zero-order chi connectivity index (χ0) is 13.9. The van der Waals surface area contributed by atoms with Gasteiger partial charge in [0, 0.05) is 10.9 Å². The highest BCUT2D eigenvalue weighted by molar-refractivity contribution is 7.84. The maximum atomic E-state index is 12.3. The standard InChI is InChI=1S/C16H19NO2S/c1-12-3-2-4-16(9-12)20(18)11-15-8-7-14(19-15)10-17-13-5-6-13/h2-4,7-9,13,17H,5-6,10-11H2,1H3. The third kappa shape index (κ3) is 3.58. The van der Waals surface area contributed by atoms with Gasteiger partial charge in [0.15, 0.2) is 0 Å². The van der Waals surface area contributed by atoms with Gasteiger partial charge in [-0.1, -0.05) is 12.1 Å². The topological polar surface area (TPSA) is 42.2 Å². The molecule has 1 aromatic carbocycles. The van der Waals surface area contributed by atoms with Gasteiger partial charge in [-0.25, -0.2) is 0 Å². The minimum absolute atomic E-state index is 0.437. The lowest BCUT2D eigenvalue weighted by molar-refractivity contribution is 0.457. The van der Waals surface area contributed by atoms with Crippen molar-refractivity contribution in [3.63, 3.8) is 0 Å². The summed E-state index contributed by atoms with van der Waals surface area (Å²) in [6.07, 6.45) is 2.54. The first-order valence-corrected chi connectivity index (χ1v) is 8.28. The molecule has 2 aromatic rings. The van der Waals surface area contributed by atoms with Crippen LogP contribution in [0.5, 0.6) is 0 Å². The van der Waals surface area contributed by atoms with Gasteiger partial charge < -0.3 is 9.73 Å². The Bertz CT molecular complexity index is 616. The van der Waals surface area contributed by atoms with E-state index in [2.05, 4.69) is 5.32 Å². The van der Waals surface area contributed by atoms with Crippen LogP contribution < -0.4 is 5.32 Å². The van der Waals surface area contributed by atoms with Crippen LogP contribution >= 0.6 is 0 Å². The smallest absolute Gasteiger partial charge is 0.118 e. The lowest BCUT2D eigenvalue weighted by atomic mass is 10.2. The second-order valence-corrected chi connectivity index (χ2v) is 6.78. The van der Waals surface area contributed by atoms with Crippen molar-refractivity contribution in [2.24, 2.45) is 0 Å². The molecular weight excluding hydrogens is 270 g/mol. The Hall–Kier alpha value is -1.39. The first-order chi connectivity index (χ1) is 9.70. The highest BCUT2D eigenvalue weighted by atomic mass is 32.2. The van der Waals surface area contributed by atoms with Gasteiger partial charge in [0.2, 0.25) is 0 Å². The van der Waals surface area contributed by atoms with Crippen LogP contribution in [0.3, 0.4) is 0 Å². The summed E-state index contributed by atoms with van der Waals surface area (Å²) >= 11 is 0. The van der Waals surface area contributed by atoms with E-state index in [9.17, 15) is 4.21 Å². The summed E-state index contributed by atoms with van der Waals surface area (Å²) < 4.78 is 18.0. The highest BCUT2D eigenvalue weighted by Gasteiger charge is 2.20.